The van der Waals surface area contributed by atoms with Crippen molar-refractivity contribution in [1.82, 2.24) is 14.6 Å². The summed E-state index contributed by atoms with van der Waals surface area (Å²) in [6.07, 6.45) is 3.53. The van der Waals surface area contributed by atoms with Crippen LogP contribution >= 0.6 is 0 Å². The number of halogens is 1. The molecule has 1 aromatic carbocycles. The van der Waals surface area contributed by atoms with Crippen molar-refractivity contribution in [2.75, 3.05) is 19.6 Å². The molecule has 0 radical (unpaired) electrons. The Balaban J connectivity index is 1.81. The molecular weight excluding hydrogens is 305 g/mol. The van der Waals surface area contributed by atoms with E-state index in [-0.39, 0.29) is 16.3 Å². The van der Waals surface area contributed by atoms with Crippen molar-refractivity contribution in [2.45, 2.75) is 17.4 Å². The fourth-order valence-corrected chi connectivity index (χ4v) is 5.27. The third-order valence-corrected chi connectivity index (χ3v) is 6.52. The van der Waals surface area contributed by atoms with Gasteiger partial charge in [-0.25, -0.2) is 12.8 Å². The first-order valence-corrected chi connectivity index (χ1v) is 8.77. The van der Waals surface area contributed by atoms with Gasteiger partial charge in [0, 0.05) is 36.1 Å². The molecular formula is C15H16FN3O2S. The Hall–Kier alpha value is -1.57. The van der Waals surface area contributed by atoms with Crippen molar-refractivity contribution in [3.8, 4) is 0 Å². The second-order valence-corrected chi connectivity index (χ2v) is 7.81. The van der Waals surface area contributed by atoms with E-state index in [1.165, 1.54) is 16.6 Å². The lowest BCUT2D eigenvalue weighted by atomic mass is 10.1. The summed E-state index contributed by atoms with van der Waals surface area (Å²) in [5, 5.41) is 3.96. The summed E-state index contributed by atoms with van der Waals surface area (Å²) in [5.41, 5.74) is 0. The maximum atomic E-state index is 14.1. The zero-order valence-corrected chi connectivity index (χ0v) is 12.7. The molecule has 2 saturated heterocycles. The summed E-state index contributed by atoms with van der Waals surface area (Å²) >= 11 is 0. The minimum atomic E-state index is -3.70. The zero-order valence-electron chi connectivity index (χ0n) is 11.9. The van der Waals surface area contributed by atoms with Gasteiger partial charge < -0.3 is 5.32 Å². The molecule has 4 rings (SSSR count). The number of hydrogen-bond donors (Lipinski definition) is 1. The fraction of sp³-hybridized carbons (Fsp3) is 0.400. The first-order valence-electron chi connectivity index (χ1n) is 7.33. The molecule has 22 heavy (non-hydrogen) atoms. The Morgan fingerprint density at radius 1 is 1.27 bits per heavy atom. The third-order valence-electron chi connectivity index (χ3n) is 4.65. The van der Waals surface area contributed by atoms with Gasteiger partial charge >= 0.3 is 0 Å². The lowest BCUT2D eigenvalue weighted by Gasteiger charge is -2.18. The van der Waals surface area contributed by atoms with Crippen molar-refractivity contribution in [2.24, 2.45) is 5.92 Å². The predicted molar refractivity (Wildman–Crippen MR) is 80.4 cm³/mol. The summed E-state index contributed by atoms with van der Waals surface area (Å²) in [5.74, 6) is -0.245. The van der Waals surface area contributed by atoms with E-state index >= 15 is 0 Å². The number of rotatable bonds is 2. The number of nitrogens with zero attached hydrogens (tertiary/aromatic N) is 2. The van der Waals surface area contributed by atoms with Crippen LogP contribution in [0.5, 0.6) is 0 Å². The molecule has 2 aliphatic rings. The highest BCUT2D eigenvalue weighted by molar-refractivity contribution is 7.89. The van der Waals surface area contributed by atoms with E-state index in [1.807, 2.05) is 0 Å². The van der Waals surface area contributed by atoms with Gasteiger partial charge in [0.25, 0.3) is 0 Å². The second-order valence-electron chi connectivity index (χ2n) is 5.91. The number of benzene rings is 1. The maximum Gasteiger partial charge on any atom is 0.243 e. The van der Waals surface area contributed by atoms with Gasteiger partial charge in [-0.05, 0) is 24.9 Å². The van der Waals surface area contributed by atoms with Crippen LogP contribution < -0.4 is 5.32 Å². The van der Waals surface area contributed by atoms with Crippen molar-refractivity contribution in [1.29, 1.82) is 0 Å². The second kappa shape index (κ2) is 4.97. The number of pyridine rings is 1. The zero-order chi connectivity index (χ0) is 15.3. The standard InChI is InChI=1S/C15H16FN3O2S/c16-12-7-17-6-10-2-1-3-14(15(10)12)22(20,21)19-8-11-4-5-18-13(11)9-19/h1-3,6-7,11,13,18H,4-5,8-9H2/t11?,13-/m1/s1. The van der Waals surface area contributed by atoms with Gasteiger partial charge in [0.2, 0.25) is 10.0 Å². The molecule has 0 spiro atoms. The van der Waals surface area contributed by atoms with Gasteiger partial charge in [0.15, 0.2) is 5.82 Å². The molecule has 2 fully saturated rings. The van der Waals surface area contributed by atoms with Crippen LogP contribution in [-0.4, -0.2) is 43.4 Å². The Morgan fingerprint density at radius 3 is 2.95 bits per heavy atom. The molecule has 2 aromatic rings. The topological polar surface area (TPSA) is 62.3 Å². The van der Waals surface area contributed by atoms with E-state index in [4.69, 9.17) is 0 Å². The summed E-state index contributed by atoms with van der Waals surface area (Å²) in [4.78, 5) is 3.82. The molecule has 1 N–H and O–H groups in total. The normalized spacial score (nSPS) is 25.7. The Morgan fingerprint density at radius 2 is 2.14 bits per heavy atom. The van der Waals surface area contributed by atoms with Crippen molar-refractivity contribution in [3.05, 3.63) is 36.4 Å². The average Bonchev–Trinajstić information content (AvgIpc) is 3.08. The van der Waals surface area contributed by atoms with E-state index in [9.17, 15) is 12.8 Å². The average molecular weight is 321 g/mol. The number of nitrogens with one attached hydrogen (secondary N) is 1. The lowest BCUT2D eigenvalue weighted by molar-refractivity contribution is 0.448. The molecule has 2 aliphatic heterocycles. The van der Waals surface area contributed by atoms with Crippen LogP contribution in [0.4, 0.5) is 4.39 Å². The van der Waals surface area contributed by atoms with Gasteiger partial charge in [-0.1, -0.05) is 12.1 Å². The molecule has 1 aromatic heterocycles. The Labute approximate surface area is 128 Å². The van der Waals surface area contributed by atoms with Crippen LogP contribution in [0.3, 0.4) is 0 Å². The Kier molecular flexibility index (Phi) is 3.18. The minimum Gasteiger partial charge on any atom is -0.312 e. The van der Waals surface area contributed by atoms with E-state index < -0.39 is 15.8 Å². The van der Waals surface area contributed by atoms with E-state index in [2.05, 4.69) is 10.3 Å². The summed E-state index contributed by atoms with van der Waals surface area (Å²) in [6.45, 7) is 1.90. The fourth-order valence-electron chi connectivity index (χ4n) is 3.52. The van der Waals surface area contributed by atoms with Gasteiger partial charge in [0.05, 0.1) is 11.1 Å². The predicted octanol–water partition coefficient (Wildman–Crippen LogP) is 1.36. The van der Waals surface area contributed by atoms with Crippen molar-refractivity contribution < 1.29 is 12.8 Å². The molecule has 0 amide bonds. The van der Waals surface area contributed by atoms with Crippen LogP contribution in [0.1, 0.15) is 6.42 Å². The Bertz CT molecular complexity index is 823. The molecule has 2 atom stereocenters. The molecule has 3 heterocycles. The largest absolute Gasteiger partial charge is 0.312 e. The van der Waals surface area contributed by atoms with E-state index in [0.717, 1.165) is 19.2 Å². The van der Waals surface area contributed by atoms with E-state index in [1.54, 1.807) is 12.1 Å². The van der Waals surface area contributed by atoms with Gasteiger partial charge in [-0.3, -0.25) is 4.98 Å². The number of sulfonamides is 1. The van der Waals surface area contributed by atoms with Gasteiger partial charge in [-0.2, -0.15) is 4.31 Å². The van der Waals surface area contributed by atoms with Crippen molar-refractivity contribution in [3.63, 3.8) is 0 Å². The smallest absolute Gasteiger partial charge is 0.243 e. The molecule has 0 aliphatic carbocycles. The minimum absolute atomic E-state index is 0.0323. The summed E-state index contributed by atoms with van der Waals surface area (Å²) in [6, 6.07) is 5.00. The first kappa shape index (κ1) is 14.0. The molecule has 0 saturated carbocycles. The van der Waals surface area contributed by atoms with Crippen LogP contribution in [0.25, 0.3) is 10.8 Å². The number of fused-ring (bicyclic) bond motifs is 2. The lowest BCUT2D eigenvalue weighted by Crippen LogP contribution is -2.34. The van der Waals surface area contributed by atoms with Crippen molar-refractivity contribution >= 4 is 20.8 Å². The SMILES string of the molecule is O=S(=O)(c1cccc2cncc(F)c12)N1CC2CCN[C@@H]2C1. The van der Waals surface area contributed by atoms with E-state index in [0.29, 0.717) is 24.4 Å². The molecule has 5 nitrogen and oxygen atoms in total. The van der Waals surface area contributed by atoms with Crippen LogP contribution in [-0.2, 0) is 10.0 Å². The van der Waals surface area contributed by atoms with Crippen LogP contribution in [0, 0.1) is 11.7 Å². The molecule has 1 unspecified atom stereocenters. The first-order chi connectivity index (χ1) is 10.6. The molecule has 116 valence electrons. The highest BCUT2D eigenvalue weighted by Gasteiger charge is 2.41. The number of hydrogen-bond acceptors (Lipinski definition) is 4. The summed E-state index contributed by atoms with van der Waals surface area (Å²) < 4.78 is 41.5. The highest BCUT2D eigenvalue weighted by Crippen LogP contribution is 2.32. The molecule has 0 bridgehead atoms. The monoisotopic (exact) mass is 321 g/mol. The quantitative estimate of drug-likeness (QED) is 0.907. The van der Waals surface area contributed by atoms with Gasteiger partial charge in [-0.15, -0.1) is 0 Å². The third kappa shape index (κ3) is 2.04. The highest BCUT2D eigenvalue weighted by atomic mass is 32.2. The van der Waals surface area contributed by atoms with Crippen LogP contribution in [0.15, 0.2) is 35.5 Å². The van der Waals surface area contributed by atoms with Gasteiger partial charge in [0.1, 0.15) is 0 Å². The number of aromatic nitrogens is 1. The van der Waals surface area contributed by atoms with Crippen LogP contribution in [0.2, 0.25) is 0 Å². The molecule has 7 heteroatoms. The maximum absolute atomic E-state index is 14.1. The summed E-state index contributed by atoms with van der Waals surface area (Å²) in [7, 11) is -3.70.